The Morgan fingerprint density at radius 3 is 1.85 bits per heavy atom. The molecule has 1 aliphatic heterocycles. The second-order valence-electron chi connectivity index (χ2n) is 6.28. The smallest absolute Gasteiger partial charge is 0.200 e. The molecule has 1 aliphatic rings. The van der Waals surface area contributed by atoms with Crippen LogP contribution in [0.15, 0.2) is 30.3 Å². The van der Waals surface area contributed by atoms with Crippen molar-refractivity contribution in [2.24, 2.45) is 0 Å². The zero-order valence-corrected chi connectivity index (χ0v) is 14.2. The molecule has 0 spiro atoms. The molecule has 27 heavy (non-hydrogen) atoms. The standard InChI is InChI=1S/C20H16F5NO/c21-16-14(17(22)19(24)20(25)18(16)23)8-9-15(27)12-4-6-13(7-5-12)26-10-2-1-3-11-26/h4-9H,1-3,10-11H2/b9-8+. The van der Waals surface area contributed by atoms with Crippen molar-refractivity contribution in [1.29, 1.82) is 0 Å². The first-order chi connectivity index (χ1) is 12.9. The molecule has 2 aromatic rings. The van der Waals surface area contributed by atoms with Crippen LogP contribution in [0.1, 0.15) is 35.2 Å². The molecule has 3 rings (SSSR count). The van der Waals surface area contributed by atoms with E-state index in [1.54, 1.807) is 24.3 Å². The molecule has 7 heteroatoms. The van der Waals surface area contributed by atoms with E-state index in [9.17, 15) is 26.7 Å². The highest BCUT2D eigenvalue weighted by Crippen LogP contribution is 2.24. The SMILES string of the molecule is O=C(/C=C/c1c(F)c(F)c(F)c(F)c1F)c1ccc(N2CCCCC2)cc1. The van der Waals surface area contributed by atoms with E-state index >= 15 is 0 Å². The van der Waals surface area contributed by atoms with Crippen molar-refractivity contribution in [2.75, 3.05) is 18.0 Å². The van der Waals surface area contributed by atoms with Gasteiger partial charge in [0.2, 0.25) is 5.82 Å². The molecule has 0 aromatic heterocycles. The lowest BCUT2D eigenvalue weighted by Crippen LogP contribution is -2.29. The number of hydrogen-bond acceptors (Lipinski definition) is 2. The summed E-state index contributed by atoms with van der Waals surface area (Å²) in [6, 6.07) is 6.67. The highest BCUT2D eigenvalue weighted by molar-refractivity contribution is 6.07. The van der Waals surface area contributed by atoms with Crippen molar-refractivity contribution < 1.29 is 26.7 Å². The van der Waals surface area contributed by atoms with Crippen LogP contribution < -0.4 is 4.90 Å². The minimum atomic E-state index is -2.23. The third kappa shape index (κ3) is 3.86. The van der Waals surface area contributed by atoms with E-state index in [1.807, 2.05) is 0 Å². The van der Waals surface area contributed by atoms with Crippen LogP contribution in [0.3, 0.4) is 0 Å². The van der Waals surface area contributed by atoms with Crippen molar-refractivity contribution in [2.45, 2.75) is 19.3 Å². The van der Waals surface area contributed by atoms with E-state index in [1.165, 1.54) is 6.42 Å². The van der Waals surface area contributed by atoms with Gasteiger partial charge in [0, 0.05) is 24.3 Å². The molecule has 0 saturated carbocycles. The predicted octanol–water partition coefficient (Wildman–Crippen LogP) is 5.27. The maximum Gasteiger partial charge on any atom is 0.200 e. The lowest BCUT2D eigenvalue weighted by Gasteiger charge is -2.28. The zero-order chi connectivity index (χ0) is 19.6. The molecular formula is C20H16F5NO. The van der Waals surface area contributed by atoms with Gasteiger partial charge in [0.05, 0.1) is 5.56 Å². The predicted molar refractivity (Wildman–Crippen MR) is 92.1 cm³/mol. The van der Waals surface area contributed by atoms with E-state index < -0.39 is 40.4 Å². The Labute approximate surface area is 152 Å². The van der Waals surface area contributed by atoms with Gasteiger partial charge in [-0.3, -0.25) is 4.79 Å². The molecular weight excluding hydrogens is 365 g/mol. The third-order valence-electron chi connectivity index (χ3n) is 4.52. The third-order valence-corrected chi connectivity index (χ3v) is 4.52. The summed E-state index contributed by atoms with van der Waals surface area (Å²) in [6.07, 6.45) is 4.78. The molecule has 1 saturated heterocycles. The Bertz CT molecular complexity index is 857. The van der Waals surface area contributed by atoms with Gasteiger partial charge in [0.1, 0.15) is 0 Å². The summed E-state index contributed by atoms with van der Waals surface area (Å²) in [6.45, 7) is 1.88. The summed E-state index contributed by atoms with van der Waals surface area (Å²) in [7, 11) is 0. The molecule has 2 aromatic carbocycles. The molecule has 0 amide bonds. The molecule has 1 fully saturated rings. The van der Waals surface area contributed by atoms with Crippen molar-refractivity contribution in [3.05, 3.63) is 70.6 Å². The number of nitrogens with zero attached hydrogens (tertiary/aromatic N) is 1. The fourth-order valence-electron chi connectivity index (χ4n) is 3.01. The number of hydrogen-bond donors (Lipinski definition) is 0. The van der Waals surface area contributed by atoms with Crippen molar-refractivity contribution in [3.63, 3.8) is 0 Å². The van der Waals surface area contributed by atoms with Crippen LogP contribution in [0.5, 0.6) is 0 Å². The number of allylic oxidation sites excluding steroid dienone is 1. The number of piperidine rings is 1. The average molecular weight is 381 g/mol. The monoisotopic (exact) mass is 381 g/mol. The first kappa shape index (κ1) is 19.1. The van der Waals surface area contributed by atoms with E-state index in [0.717, 1.165) is 37.7 Å². The Morgan fingerprint density at radius 1 is 0.778 bits per heavy atom. The van der Waals surface area contributed by atoms with E-state index in [0.29, 0.717) is 6.08 Å². The Hall–Kier alpha value is -2.70. The molecule has 1 heterocycles. The maximum absolute atomic E-state index is 13.6. The van der Waals surface area contributed by atoms with Crippen LogP contribution in [0.4, 0.5) is 27.6 Å². The second-order valence-corrected chi connectivity index (χ2v) is 6.28. The minimum absolute atomic E-state index is 0.246. The van der Waals surface area contributed by atoms with Gasteiger partial charge in [0.25, 0.3) is 0 Å². The number of halogens is 5. The molecule has 0 atom stereocenters. The largest absolute Gasteiger partial charge is 0.372 e. The van der Waals surface area contributed by atoms with Crippen molar-refractivity contribution in [1.82, 2.24) is 0 Å². The Morgan fingerprint density at radius 2 is 1.30 bits per heavy atom. The normalized spacial score (nSPS) is 14.8. The van der Waals surface area contributed by atoms with Crippen LogP contribution in [-0.4, -0.2) is 18.9 Å². The van der Waals surface area contributed by atoms with Gasteiger partial charge in [0.15, 0.2) is 29.1 Å². The van der Waals surface area contributed by atoms with Crippen LogP contribution in [0.2, 0.25) is 0 Å². The molecule has 2 nitrogen and oxygen atoms in total. The summed E-state index contributed by atoms with van der Waals surface area (Å²) in [4.78, 5) is 14.4. The van der Waals surface area contributed by atoms with E-state index in [4.69, 9.17) is 0 Å². The first-order valence-electron chi connectivity index (χ1n) is 8.49. The maximum atomic E-state index is 13.6. The summed E-state index contributed by atoms with van der Waals surface area (Å²) in [5.41, 5.74) is 0.0653. The van der Waals surface area contributed by atoms with Gasteiger partial charge in [-0.1, -0.05) is 0 Å². The molecule has 142 valence electrons. The fourth-order valence-corrected chi connectivity index (χ4v) is 3.01. The number of anilines is 1. The van der Waals surface area contributed by atoms with Crippen molar-refractivity contribution >= 4 is 17.5 Å². The van der Waals surface area contributed by atoms with Crippen molar-refractivity contribution in [3.8, 4) is 0 Å². The Kier molecular flexibility index (Phi) is 5.58. The summed E-state index contributed by atoms with van der Waals surface area (Å²) < 4.78 is 66.7. The number of benzene rings is 2. The van der Waals surface area contributed by atoms with E-state index in [-0.39, 0.29) is 5.56 Å². The fraction of sp³-hybridized carbons (Fsp3) is 0.250. The Balaban J connectivity index is 1.79. The quantitative estimate of drug-likeness (QED) is 0.236. The topological polar surface area (TPSA) is 20.3 Å². The lowest BCUT2D eigenvalue weighted by atomic mass is 10.1. The molecule has 0 N–H and O–H groups in total. The summed E-state index contributed by atoms with van der Waals surface area (Å²) >= 11 is 0. The number of ketones is 1. The van der Waals surface area contributed by atoms with Crippen LogP contribution >= 0.6 is 0 Å². The number of rotatable bonds is 4. The first-order valence-corrected chi connectivity index (χ1v) is 8.49. The molecule has 0 aliphatic carbocycles. The van der Waals surface area contributed by atoms with Gasteiger partial charge in [-0.15, -0.1) is 0 Å². The number of carbonyl (C=O) groups excluding carboxylic acids is 1. The minimum Gasteiger partial charge on any atom is -0.372 e. The summed E-state index contributed by atoms with van der Waals surface area (Å²) in [5.74, 6) is -10.9. The number of carbonyl (C=O) groups is 1. The van der Waals surface area contributed by atoms with Gasteiger partial charge in [-0.05, 0) is 55.7 Å². The molecule has 0 radical (unpaired) electrons. The molecule has 0 unspecified atom stereocenters. The van der Waals surface area contributed by atoms with Gasteiger partial charge in [-0.2, -0.15) is 0 Å². The van der Waals surface area contributed by atoms with Gasteiger partial charge >= 0.3 is 0 Å². The highest BCUT2D eigenvalue weighted by Gasteiger charge is 2.24. The van der Waals surface area contributed by atoms with Crippen LogP contribution in [0.25, 0.3) is 6.08 Å². The van der Waals surface area contributed by atoms with Gasteiger partial charge in [-0.25, -0.2) is 22.0 Å². The molecule has 0 bridgehead atoms. The summed E-state index contributed by atoms with van der Waals surface area (Å²) in [5, 5.41) is 0. The highest BCUT2D eigenvalue weighted by atomic mass is 19.2. The van der Waals surface area contributed by atoms with E-state index in [2.05, 4.69) is 4.90 Å². The zero-order valence-electron chi connectivity index (χ0n) is 14.2. The average Bonchev–Trinajstić information content (AvgIpc) is 2.71. The van der Waals surface area contributed by atoms with Gasteiger partial charge < -0.3 is 4.90 Å². The van der Waals surface area contributed by atoms with Crippen LogP contribution in [-0.2, 0) is 0 Å². The van der Waals surface area contributed by atoms with Crippen LogP contribution in [0, 0.1) is 29.1 Å². The lowest BCUT2D eigenvalue weighted by molar-refractivity contribution is 0.104. The second kappa shape index (κ2) is 7.90.